The van der Waals surface area contributed by atoms with Crippen LogP contribution in [0.1, 0.15) is 24.0 Å². The molecule has 1 saturated heterocycles. The lowest BCUT2D eigenvalue weighted by Gasteiger charge is -2.48. The summed E-state index contributed by atoms with van der Waals surface area (Å²) in [6.07, 6.45) is 2.18. The van der Waals surface area contributed by atoms with Gasteiger partial charge in [0, 0.05) is 18.7 Å². The average molecular weight is 325 g/mol. The van der Waals surface area contributed by atoms with Crippen LogP contribution >= 0.6 is 0 Å². The predicted molar refractivity (Wildman–Crippen MR) is 97.1 cm³/mol. The van der Waals surface area contributed by atoms with Crippen LogP contribution in [0.3, 0.4) is 0 Å². The zero-order valence-electron chi connectivity index (χ0n) is 14.1. The van der Waals surface area contributed by atoms with Gasteiger partial charge in [0.2, 0.25) is 0 Å². The second-order valence-electron chi connectivity index (χ2n) is 7.12. The Morgan fingerprint density at radius 3 is 2.71 bits per heavy atom. The van der Waals surface area contributed by atoms with Crippen molar-refractivity contribution in [3.8, 4) is 0 Å². The molecule has 2 N–H and O–H groups in total. The van der Waals surface area contributed by atoms with Gasteiger partial charge in [0.25, 0.3) is 0 Å². The number of rotatable bonds is 2. The highest BCUT2D eigenvalue weighted by Gasteiger charge is 2.38. The third-order valence-electron chi connectivity index (χ3n) is 5.27. The largest absolute Gasteiger partial charge is 0.376 e. The molecule has 0 aromatic heterocycles. The highest BCUT2D eigenvalue weighted by atomic mass is 19.1. The molecule has 2 aromatic carbocycles. The number of benzene rings is 2. The Bertz CT molecular complexity index is 737. The Morgan fingerprint density at radius 2 is 1.92 bits per heavy atom. The van der Waals surface area contributed by atoms with Crippen molar-refractivity contribution >= 4 is 11.4 Å². The minimum absolute atomic E-state index is 0.0807. The molecule has 2 heterocycles. The zero-order chi connectivity index (χ0) is 16.6. The van der Waals surface area contributed by atoms with Crippen LogP contribution in [-0.4, -0.2) is 25.2 Å². The molecule has 0 saturated carbocycles. The summed E-state index contributed by atoms with van der Waals surface area (Å²) in [6, 6.07) is 13.6. The number of halogens is 1. The van der Waals surface area contributed by atoms with Crippen LogP contribution in [0, 0.1) is 12.7 Å². The Hall–Kier alpha value is -2.07. The Kier molecular flexibility index (Phi) is 3.93. The number of nitrogens with one attached hydrogen (secondary N) is 2. The van der Waals surface area contributed by atoms with Crippen LogP contribution in [-0.2, 0) is 6.54 Å². The maximum absolute atomic E-state index is 14.2. The lowest BCUT2D eigenvalue weighted by molar-refractivity contribution is 0.331. The summed E-state index contributed by atoms with van der Waals surface area (Å²) < 4.78 is 14.2. The lowest BCUT2D eigenvalue weighted by Crippen LogP contribution is -2.57. The molecule has 0 atom stereocenters. The first-order valence-corrected chi connectivity index (χ1v) is 8.73. The summed E-state index contributed by atoms with van der Waals surface area (Å²) in [4.78, 5) is 2.34. The van der Waals surface area contributed by atoms with Gasteiger partial charge >= 0.3 is 0 Å². The van der Waals surface area contributed by atoms with Gasteiger partial charge in [-0.15, -0.1) is 0 Å². The van der Waals surface area contributed by atoms with Crippen LogP contribution in [0.2, 0.25) is 0 Å². The fourth-order valence-electron chi connectivity index (χ4n) is 3.96. The van der Waals surface area contributed by atoms with E-state index in [1.807, 2.05) is 12.1 Å². The first-order chi connectivity index (χ1) is 11.7. The monoisotopic (exact) mass is 325 g/mol. The van der Waals surface area contributed by atoms with E-state index >= 15 is 0 Å². The van der Waals surface area contributed by atoms with Crippen molar-refractivity contribution in [3.63, 3.8) is 0 Å². The molecule has 0 unspecified atom stereocenters. The summed E-state index contributed by atoms with van der Waals surface area (Å²) in [6.45, 7) is 5.70. The summed E-state index contributed by atoms with van der Waals surface area (Å²) >= 11 is 0. The van der Waals surface area contributed by atoms with Crippen LogP contribution in [0.25, 0.3) is 0 Å². The lowest BCUT2D eigenvalue weighted by atomic mass is 9.85. The van der Waals surface area contributed by atoms with Crippen molar-refractivity contribution in [2.75, 3.05) is 29.9 Å². The van der Waals surface area contributed by atoms with Crippen molar-refractivity contribution in [3.05, 3.63) is 59.4 Å². The van der Waals surface area contributed by atoms with E-state index in [0.717, 1.165) is 38.0 Å². The smallest absolute Gasteiger partial charge is 0.128 e. The van der Waals surface area contributed by atoms with E-state index in [9.17, 15) is 4.39 Å². The molecule has 126 valence electrons. The maximum atomic E-state index is 14.2. The average Bonchev–Trinajstić information content (AvgIpc) is 2.57. The molecule has 2 aliphatic rings. The first kappa shape index (κ1) is 15.5. The molecule has 24 heavy (non-hydrogen) atoms. The minimum Gasteiger partial charge on any atom is -0.376 e. The molecule has 0 bridgehead atoms. The second kappa shape index (κ2) is 6.10. The third kappa shape index (κ3) is 2.86. The summed E-state index contributed by atoms with van der Waals surface area (Å²) in [5.74, 6) is -0.121. The van der Waals surface area contributed by atoms with Gasteiger partial charge < -0.3 is 15.5 Å². The van der Waals surface area contributed by atoms with E-state index in [-0.39, 0.29) is 11.4 Å². The van der Waals surface area contributed by atoms with Crippen LogP contribution < -0.4 is 15.5 Å². The molecule has 0 amide bonds. The zero-order valence-corrected chi connectivity index (χ0v) is 14.1. The van der Waals surface area contributed by atoms with Crippen molar-refractivity contribution in [1.29, 1.82) is 0 Å². The topological polar surface area (TPSA) is 27.3 Å². The Labute approximate surface area is 142 Å². The van der Waals surface area contributed by atoms with Gasteiger partial charge in [-0.05, 0) is 56.6 Å². The van der Waals surface area contributed by atoms with Gasteiger partial charge in [0.1, 0.15) is 5.82 Å². The van der Waals surface area contributed by atoms with E-state index in [4.69, 9.17) is 0 Å². The summed E-state index contributed by atoms with van der Waals surface area (Å²) in [7, 11) is 0. The molecule has 3 nitrogen and oxygen atoms in total. The molecule has 0 aliphatic carbocycles. The van der Waals surface area contributed by atoms with Crippen LogP contribution in [0.4, 0.5) is 15.8 Å². The Morgan fingerprint density at radius 1 is 1.12 bits per heavy atom. The second-order valence-corrected chi connectivity index (χ2v) is 7.12. The highest BCUT2D eigenvalue weighted by Crippen LogP contribution is 2.39. The van der Waals surface area contributed by atoms with Gasteiger partial charge in [0.15, 0.2) is 0 Å². The SMILES string of the molecule is Cc1ccc2c(c1)NC1(CCNCC1)CN2Cc1ccccc1F. The number of hydrogen-bond acceptors (Lipinski definition) is 3. The van der Waals surface area contributed by atoms with E-state index in [1.54, 1.807) is 12.1 Å². The molecular formula is C20H24FN3. The van der Waals surface area contributed by atoms with Crippen molar-refractivity contribution in [1.82, 2.24) is 5.32 Å². The third-order valence-corrected chi connectivity index (χ3v) is 5.27. The van der Waals surface area contributed by atoms with Crippen molar-refractivity contribution in [2.24, 2.45) is 0 Å². The van der Waals surface area contributed by atoms with Gasteiger partial charge in [0.05, 0.1) is 16.9 Å². The number of piperidine rings is 1. The van der Waals surface area contributed by atoms with Gasteiger partial charge in [-0.25, -0.2) is 4.39 Å². The normalized spacial score (nSPS) is 19.0. The number of nitrogens with zero attached hydrogens (tertiary/aromatic N) is 1. The standard InChI is InChI=1S/C20H24FN3/c1-15-6-7-19-18(12-15)23-20(8-10-22-11-9-20)14-24(19)13-16-4-2-3-5-17(16)21/h2-7,12,22-23H,8-11,13-14H2,1H3. The molecular weight excluding hydrogens is 301 g/mol. The number of hydrogen-bond donors (Lipinski definition) is 2. The van der Waals surface area contributed by atoms with Crippen molar-refractivity contribution < 1.29 is 4.39 Å². The van der Waals surface area contributed by atoms with Crippen LogP contribution in [0.15, 0.2) is 42.5 Å². The van der Waals surface area contributed by atoms with E-state index in [2.05, 4.69) is 40.7 Å². The van der Waals surface area contributed by atoms with E-state index in [1.165, 1.54) is 16.9 Å². The molecule has 1 spiro atoms. The van der Waals surface area contributed by atoms with Crippen molar-refractivity contribution in [2.45, 2.75) is 31.8 Å². The number of anilines is 2. The minimum atomic E-state index is -0.121. The molecule has 1 fully saturated rings. The fraction of sp³-hybridized carbons (Fsp3) is 0.400. The number of fused-ring (bicyclic) bond motifs is 1. The van der Waals surface area contributed by atoms with Gasteiger partial charge in [-0.3, -0.25) is 0 Å². The quantitative estimate of drug-likeness (QED) is 0.882. The van der Waals surface area contributed by atoms with E-state index in [0.29, 0.717) is 6.54 Å². The molecule has 0 radical (unpaired) electrons. The van der Waals surface area contributed by atoms with E-state index < -0.39 is 0 Å². The van der Waals surface area contributed by atoms with Gasteiger partial charge in [-0.2, -0.15) is 0 Å². The van der Waals surface area contributed by atoms with Crippen LogP contribution in [0.5, 0.6) is 0 Å². The highest BCUT2D eigenvalue weighted by molar-refractivity contribution is 5.74. The predicted octanol–water partition coefficient (Wildman–Crippen LogP) is 3.69. The Balaban J connectivity index is 1.70. The fourth-order valence-corrected chi connectivity index (χ4v) is 3.96. The molecule has 2 aliphatic heterocycles. The molecule has 4 heteroatoms. The summed E-state index contributed by atoms with van der Waals surface area (Å²) in [5, 5.41) is 7.25. The maximum Gasteiger partial charge on any atom is 0.128 e. The van der Waals surface area contributed by atoms with Gasteiger partial charge in [-0.1, -0.05) is 24.3 Å². The molecule has 4 rings (SSSR count). The first-order valence-electron chi connectivity index (χ1n) is 8.73. The number of aryl methyl sites for hydroxylation is 1. The molecule has 2 aromatic rings. The summed E-state index contributed by atoms with van der Waals surface area (Å²) in [5.41, 5.74) is 4.44.